The van der Waals surface area contributed by atoms with Crippen LogP contribution >= 0.6 is 12.2 Å². The summed E-state index contributed by atoms with van der Waals surface area (Å²) in [6.45, 7) is 0.705. The van der Waals surface area contributed by atoms with Crippen molar-refractivity contribution in [2.24, 2.45) is 11.5 Å². The van der Waals surface area contributed by atoms with Crippen LogP contribution in [0.15, 0.2) is 30.3 Å². The first kappa shape index (κ1) is 10.5. The fourth-order valence-electron chi connectivity index (χ4n) is 1.06. The van der Waals surface area contributed by atoms with Crippen LogP contribution in [0.4, 0.5) is 0 Å². The molecule has 1 aromatic rings. The van der Waals surface area contributed by atoms with Crippen molar-refractivity contribution in [2.45, 2.75) is 0 Å². The highest BCUT2D eigenvalue weighted by atomic mass is 32.1. The number of thiocarbonyl (C=S) groups is 1. The van der Waals surface area contributed by atoms with Gasteiger partial charge in [-0.3, -0.25) is 0 Å². The zero-order valence-corrected chi connectivity index (χ0v) is 8.46. The Bertz CT molecular complexity index is 346. The molecule has 2 rings (SSSR count). The molecule has 1 aliphatic heterocycles. The predicted octanol–water partition coefficient (Wildman–Crippen LogP) is 1.28. The number of hydrogen-bond acceptors (Lipinski definition) is 2. The Kier molecular flexibility index (Phi) is 3.94. The summed E-state index contributed by atoms with van der Waals surface area (Å²) < 4.78 is 5.34. The molecule has 1 aromatic carbocycles. The standard InChI is InChI=1S/C9H8O.CH4N2S/c1-2-6-9-8(4-1)5-3-7-10-9;2-1(3)4/h1-6H,7H2;(H4,2,3,4). The van der Waals surface area contributed by atoms with Gasteiger partial charge in [0.15, 0.2) is 5.11 Å². The Morgan fingerprint density at radius 2 is 1.93 bits per heavy atom. The second-order valence-corrected chi connectivity index (χ2v) is 3.12. The minimum atomic E-state index is 0.000000000000000222. The van der Waals surface area contributed by atoms with Gasteiger partial charge in [-0.25, -0.2) is 0 Å². The van der Waals surface area contributed by atoms with Gasteiger partial charge in [0, 0.05) is 5.56 Å². The smallest absolute Gasteiger partial charge is 0.160 e. The van der Waals surface area contributed by atoms with Crippen LogP contribution in [0.2, 0.25) is 0 Å². The van der Waals surface area contributed by atoms with E-state index in [2.05, 4.69) is 29.8 Å². The third-order valence-electron chi connectivity index (χ3n) is 1.55. The maximum Gasteiger partial charge on any atom is 0.160 e. The van der Waals surface area contributed by atoms with E-state index >= 15 is 0 Å². The van der Waals surface area contributed by atoms with Gasteiger partial charge in [0.25, 0.3) is 0 Å². The van der Waals surface area contributed by atoms with E-state index in [0.717, 1.165) is 5.75 Å². The Morgan fingerprint density at radius 1 is 1.29 bits per heavy atom. The lowest BCUT2D eigenvalue weighted by Gasteiger charge is -2.10. The summed E-state index contributed by atoms with van der Waals surface area (Å²) >= 11 is 4.09. The van der Waals surface area contributed by atoms with E-state index < -0.39 is 0 Å². The SMILES string of the molecule is C1=Cc2ccccc2OC1.NC(N)=S. The number of benzene rings is 1. The Labute approximate surface area is 88.4 Å². The van der Waals surface area contributed by atoms with Crippen LogP contribution in [0.3, 0.4) is 0 Å². The molecule has 4 N–H and O–H groups in total. The first-order valence-electron chi connectivity index (χ1n) is 4.13. The first-order chi connectivity index (χ1) is 6.70. The predicted molar refractivity (Wildman–Crippen MR) is 61.9 cm³/mol. The fraction of sp³-hybridized carbons (Fsp3) is 0.100. The van der Waals surface area contributed by atoms with Gasteiger partial charge in [0.05, 0.1) is 0 Å². The molecule has 0 aliphatic carbocycles. The van der Waals surface area contributed by atoms with Gasteiger partial charge in [-0.15, -0.1) is 0 Å². The third kappa shape index (κ3) is 3.45. The molecular formula is C10H12N2OS. The van der Waals surface area contributed by atoms with E-state index in [-0.39, 0.29) is 5.11 Å². The second-order valence-electron chi connectivity index (χ2n) is 2.65. The van der Waals surface area contributed by atoms with Gasteiger partial charge in [0.1, 0.15) is 12.4 Å². The molecule has 0 saturated carbocycles. The van der Waals surface area contributed by atoms with E-state index in [9.17, 15) is 0 Å². The van der Waals surface area contributed by atoms with Crippen LogP contribution in [-0.4, -0.2) is 11.7 Å². The summed E-state index contributed by atoms with van der Waals surface area (Å²) in [7, 11) is 0. The van der Waals surface area contributed by atoms with Gasteiger partial charge >= 0.3 is 0 Å². The van der Waals surface area contributed by atoms with E-state index in [1.807, 2.05) is 30.3 Å². The average Bonchev–Trinajstić information content (AvgIpc) is 2.17. The highest BCUT2D eigenvalue weighted by molar-refractivity contribution is 7.80. The molecule has 14 heavy (non-hydrogen) atoms. The van der Waals surface area contributed by atoms with Gasteiger partial charge in [-0.2, -0.15) is 0 Å². The highest BCUT2D eigenvalue weighted by Gasteiger charge is 2.01. The van der Waals surface area contributed by atoms with Gasteiger partial charge in [-0.05, 0) is 24.4 Å². The van der Waals surface area contributed by atoms with Crippen molar-refractivity contribution in [3.8, 4) is 5.75 Å². The largest absolute Gasteiger partial charge is 0.489 e. The van der Waals surface area contributed by atoms with E-state index in [1.165, 1.54) is 5.56 Å². The maximum atomic E-state index is 5.34. The van der Waals surface area contributed by atoms with Crippen LogP contribution in [0, 0.1) is 0 Å². The molecule has 0 unspecified atom stereocenters. The van der Waals surface area contributed by atoms with Crippen molar-refractivity contribution in [3.05, 3.63) is 35.9 Å². The van der Waals surface area contributed by atoms with Crippen molar-refractivity contribution in [3.63, 3.8) is 0 Å². The molecular weight excluding hydrogens is 196 g/mol. The van der Waals surface area contributed by atoms with Crippen LogP contribution < -0.4 is 16.2 Å². The van der Waals surface area contributed by atoms with Gasteiger partial charge in [-0.1, -0.05) is 24.3 Å². The Hall–Kier alpha value is -1.55. The van der Waals surface area contributed by atoms with Crippen molar-refractivity contribution in [2.75, 3.05) is 6.61 Å². The molecule has 0 atom stereocenters. The van der Waals surface area contributed by atoms with Crippen LogP contribution in [-0.2, 0) is 0 Å². The number of rotatable bonds is 0. The molecule has 0 radical (unpaired) electrons. The zero-order chi connectivity index (χ0) is 10.4. The first-order valence-corrected chi connectivity index (χ1v) is 4.54. The summed E-state index contributed by atoms with van der Waals surface area (Å²) in [5.74, 6) is 0.991. The molecule has 0 saturated heterocycles. The minimum Gasteiger partial charge on any atom is -0.489 e. The fourth-order valence-corrected chi connectivity index (χ4v) is 1.06. The van der Waals surface area contributed by atoms with Crippen molar-refractivity contribution in [1.29, 1.82) is 0 Å². The lowest BCUT2D eigenvalue weighted by molar-refractivity contribution is 0.358. The summed E-state index contributed by atoms with van der Waals surface area (Å²) in [5, 5.41) is 0.000000000000000222. The summed E-state index contributed by atoms with van der Waals surface area (Å²) in [6.07, 6.45) is 4.10. The minimum absolute atomic E-state index is 0.000000000000000222. The number of hydrogen-bond donors (Lipinski definition) is 2. The molecule has 3 nitrogen and oxygen atoms in total. The van der Waals surface area contributed by atoms with E-state index in [4.69, 9.17) is 4.74 Å². The topological polar surface area (TPSA) is 61.3 Å². The van der Waals surface area contributed by atoms with Gasteiger partial charge in [0.2, 0.25) is 0 Å². The van der Waals surface area contributed by atoms with Gasteiger partial charge < -0.3 is 16.2 Å². The number of nitrogens with two attached hydrogens (primary N) is 2. The molecule has 0 spiro atoms. The highest BCUT2D eigenvalue weighted by Crippen LogP contribution is 2.21. The Balaban J connectivity index is 0.000000213. The summed E-state index contributed by atoms with van der Waals surface area (Å²) in [5.41, 5.74) is 10.4. The maximum absolute atomic E-state index is 5.34. The molecule has 4 heteroatoms. The zero-order valence-electron chi connectivity index (χ0n) is 7.64. The van der Waals surface area contributed by atoms with Crippen LogP contribution in [0.5, 0.6) is 5.75 Å². The average molecular weight is 208 g/mol. The number of para-hydroxylation sites is 1. The molecule has 1 heterocycles. The van der Waals surface area contributed by atoms with Crippen LogP contribution in [0.1, 0.15) is 5.56 Å². The molecule has 0 aromatic heterocycles. The molecule has 0 amide bonds. The number of fused-ring (bicyclic) bond motifs is 1. The summed E-state index contributed by atoms with van der Waals surface area (Å²) in [4.78, 5) is 0. The quantitative estimate of drug-likeness (QED) is 0.630. The molecule has 0 bridgehead atoms. The van der Waals surface area contributed by atoms with E-state index in [1.54, 1.807) is 0 Å². The molecule has 74 valence electrons. The third-order valence-corrected chi connectivity index (χ3v) is 1.55. The normalized spacial score (nSPS) is 11.7. The molecule has 0 fully saturated rings. The lowest BCUT2D eigenvalue weighted by atomic mass is 10.1. The monoisotopic (exact) mass is 208 g/mol. The Morgan fingerprint density at radius 3 is 2.57 bits per heavy atom. The van der Waals surface area contributed by atoms with Crippen LogP contribution in [0.25, 0.3) is 6.08 Å². The van der Waals surface area contributed by atoms with E-state index in [0.29, 0.717) is 6.61 Å². The van der Waals surface area contributed by atoms with Crippen molar-refractivity contribution >= 4 is 23.4 Å². The lowest BCUT2D eigenvalue weighted by Crippen LogP contribution is -2.18. The van der Waals surface area contributed by atoms with Crippen molar-refractivity contribution in [1.82, 2.24) is 0 Å². The van der Waals surface area contributed by atoms with Crippen molar-refractivity contribution < 1.29 is 4.74 Å². The molecule has 1 aliphatic rings. The summed E-state index contributed by atoms with van der Waals surface area (Å²) in [6, 6.07) is 8.03. The second kappa shape index (κ2) is 5.24. The number of ether oxygens (including phenoxy) is 1.